The highest BCUT2D eigenvalue weighted by Gasteiger charge is 2.31. The van der Waals surface area contributed by atoms with Gasteiger partial charge >= 0.3 is 6.03 Å². The van der Waals surface area contributed by atoms with Gasteiger partial charge in [0.25, 0.3) is 0 Å². The molecule has 2 N–H and O–H groups in total. The number of para-hydroxylation sites is 1. The first-order valence-corrected chi connectivity index (χ1v) is 12.9. The average molecular weight is 491 g/mol. The number of halogens is 1. The molecule has 0 bridgehead atoms. The number of rotatable bonds is 5. The lowest BCUT2D eigenvalue weighted by Crippen LogP contribution is -2.45. The van der Waals surface area contributed by atoms with Crippen molar-refractivity contribution >= 4 is 44.9 Å². The van der Waals surface area contributed by atoms with E-state index in [2.05, 4.69) is 10.6 Å². The third kappa shape index (κ3) is 5.48. The molecule has 2 aromatic carbocycles. The Morgan fingerprint density at radius 3 is 2.36 bits per heavy atom. The molecule has 33 heavy (non-hydrogen) atoms. The standard InChI is InChI=1S/C23H27ClN4O4S/c24-20-11-10-19(15-21(20)33(31,32)28-13-4-5-14-28)25-22(29)17-7-6-12-27(16-17)23(30)26-18-8-2-1-3-9-18/h1-3,8-11,15,17H,4-7,12-14,16H2,(H,25,29)(H,26,30). The van der Waals surface area contributed by atoms with E-state index in [-0.39, 0.29) is 28.4 Å². The maximum absolute atomic E-state index is 12.9. The van der Waals surface area contributed by atoms with Crippen molar-refractivity contribution in [3.05, 3.63) is 53.6 Å². The summed E-state index contributed by atoms with van der Waals surface area (Å²) in [7, 11) is -3.71. The lowest BCUT2D eigenvalue weighted by atomic mass is 9.97. The van der Waals surface area contributed by atoms with Crippen molar-refractivity contribution in [2.45, 2.75) is 30.6 Å². The minimum atomic E-state index is -3.71. The normalized spacial score (nSPS) is 19.3. The van der Waals surface area contributed by atoms with Gasteiger partial charge in [0.1, 0.15) is 4.90 Å². The predicted octanol–water partition coefficient (Wildman–Crippen LogP) is 4.01. The number of nitrogens with zero attached hydrogens (tertiary/aromatic N) is 2. The SMILES string of the molecule is O=C(Nc1ccc(Cl)c(S(=O)(=O)N2CCCC2)c1)C1CCCN(C(=O)Nc2ccccc2)C1. The third-order valence-corrected chi connectivity index (χ3v) is 8.37. The van der Waals surface area contributed by atoms with Crippen LogP contribution >= 0.6 is 11.6 Å². The number of amides is 3. The van der Waals surface area contributed by atoms with Gasteiger partial charge in [-0.2, -0.15) is 4.31 Å². The number of hydrogen-bond acceptors (Lipinski definition) is 4. The fourth-order valence-electron chi connectivity index (χ4n) is 4.19. The maximum atomic E-state index is 12.9. The molecule has 2 aliphatic rings. The Balaban J connectivity index is 1.42. The molecule has 10 heteroatoms. The van der Waals surface area contributed by atoms with Crippen molar-refractivity contribution in [1.82, 2.24) is 9.21 Å². The number of piperidine rings is 1. The Kier molecular flexibility index (Phi) is 7.21. The van der Waals surface area contributed by atoms with E-state index >= 15 is 0 Å². The predicted molar refractivity (Wildman–Crippen MR) is 128 cm³/mol. The molecule has 0 radical (unpaired) electrons. The molecular weight excluding hydrogens is 464 g/mol. The summed E-state index contributed by atoms with van der Waals surface area (Å²) in [6.07, 6.45) is 3.00. The van der Waals surface area contributed by atoms with E-state index in [1.165, 1.54) is 16.4 Å². The fraction of sp³-hybridized carbons (Fsp3) is 0.391. The minimum Gasteiger partial charge on any atom is -0.326 e. The van der Waals surface area contributed by atoms with Crippen LogP contribution in [0.15, 0.2) is 53.4 Å². The summed E-state index contributed by atoms with van der Waals surface area (Å²) in [6, 6.07) is 13.4. The van der Waals surface area contributed by atoms with E-state index in [1.54, 1.807) is 23.1 Å². The van der Waals surface area contributed by atoms with Crippen LogP contribution in [0.3, 0.4) is 0 Å². The molecule has 2 aliphatic heterocycles. The van der Waals surface area contributed by atoms with Crippen LogP contribution in [-0.4, -0.2) is 55.7 Å². The smallest absolute Gasteiger partial charge is 0.321 e. The van der Waals surface area contributed by atoms with Crippen LogP contribution < -0.4 is 10.6 Å². The van der Waals surface area contributed by atoms with E-state index in [9.17, 15) is 18.0 Å². The lowest BCUT2D eigenvalue weighted by Gasteiger charge is -2.32. The largest absolute Gasteiger partial charge is 0.326 e. The Morgan fingerprint density at radius 2 is 1.64 bits per heavy atom. The van der Waals surface area contributed by atoms with Crippen LogP contribution in [-0.2, 0) is 14.8 Å². The fourth-order valence-corrected chi connectivity index (χ4v) is 6.21. The van der Waals surface area contributed by atoms with E-state index in [1.807, 2.05) is 18.2 Å². The molecule has 176 valence electrons. The average Bonchev–Trinajstić information content (AvgIpc) is 3.37. The van der Waals surface area contributed by atoms with E-state index in [4.69, 9.17) is 11.6 Å². The molecule has 2 heterocycles. The van der Waals surface area contributed by atoms with Gasteiger partial charge in [0.2, 0.25) is 15.9 Å². The maximum Gasteiger partial charge on any atom is 0.321 e. The molecule has 0 aliphatic carbocycles. The number of anilines is 2. The van der Waals surface area contributed by atoms with Gasteiger partial charge in [-0.25, -0.2) is 13.2 Å². The molecule has 2 saturated heterocycles. The van der Waals surface area contributed by atoms with Gasteiger partial charge in [-0.3, -0.25) is 4.79 Å². The highest BCUT2D eigenvalue weighted by Crippen LogP contribution is 2.30. The number of carbonyl (C=O) groups excluding carboxylic acids is 2. The molecule has 1 atom stereocenters. The van der Waals surface area contributed by atoms with Crippen molar-refractivity contribution in [1.29, 1.82) is 0 Å². The third-order valence-electron chi connectivity index (χ3n) is 5.99. The van der Waals surface area contributed by atoms with Crippen LogP contribution in [0.25, 0.3) is 0 Å². The molecule has 0 aromatic heterocycles. The zero-order valence-corrected chi connectivity index (χ0v) is 19.7. The van der Waals surface area contributed by atoms with E-state index < -0.39 is 15.9 Å². The Bertz CT molecular complexity index is 1120. The number of nitrogens with one attached hydrogen (secondary N) is 2. The van der Waals surface area contributed by atoms with E-state index in [0.29, 0.717) is 43.9 Å². The second-order valence-electron chi connectivity index (χ2n) is 8.33. The van der Waals surface area contributed by atoms with Gasteiger partial charge in [0, 0.05) is 37.6 Å². The molecule has 2 fully saturated rings. The van der Waals surface area contributed by atoms with Gasteiger partial charge in [-0.1, -0.05) is 29.8 Å². The van der Waals surface area contributed by atoms with Gasteiger partial charge in [-0.15, -0.1) is 0 Å². The second-order valence-corrected chi connectivity index (χ2v) is 10.6. The van der Waals surface area contributed by atoms with Gasteiger partial charge in [-0.05, 0) is 56.0 Å². The minimum absolute atomic E-state index is 0.00336. The summed E-state index contributed by atoms with van der Waals surface area (Å²) >= 11 is 6.20. The summed E-state index contributed by atoms with van der Waals surface area (Å²) in [5, 5.41) is 5.79. The molecule has 2 aromatic rings. The highest BCUT2D eigenvalue weighted by atomic mass is 35.5. The van der Waals surface area contributed by atoms with Crippen molar-refractivity contribution in [2.24, 2.45) is 5.92 Å². The summed E-state index contributed by atoms with van der Waals surface area (Å²) < 4.78 is 27.3. The highest BCUT2D eigenvalue weighted by molar-refractivity contribution is 7.89. The van der Waals surface area contributed by atoms with Gasteiger partial charge < -0.3 is 15.5 Å². The molecular formula is C23H27ClN4O4S. The molecule has 1 unspecified atom stereocenters. The van der Waals surface area contributed by atoms with Crippen molar-refractivity contribution in [3.8, 4) is 0 Å². The second kappa shape index (κ2) is 10.1. The number of likely N-dealkylation sites (tertiary alicyclic amines) is 1. The Labute approximate surface area is 198 Å². The number of benzene rings is 2. The first-order valence-electron chi connectivity index (χ1n) is 11.1. The van der Waals surface area contributed by atoms with Crippen molar-refractivity contribution in [3.63, 3.8) is 0 Å². The van der Waals surface area contributed by atoms with Crippen LogP contribution in [0.2, 0.25) is 5.02 Å². The quantitative estimate of drug-likeness (QED) is 0.661. The van der Waals surface area contributed by atoms with Crippen LogP contribution in [0.5, 0.6) is 0 Å². The molecule has 0 spiro atoms. The van der Waals surface area contributed by atoms with Crippen LogP contribution in [0.1, 0.15) is 25.7 Å². The number of urea groups is 1. The lowest BCUT2D eigenvalue weighted by molar-refractivity contribution is -0.121. The number of hydrogen-bond donors (Lipinski definition) is 2. The van der Waals surface area contributed by atoms with Crippen molar-refractivity contribution in [2.75, 3.05) is 36.8 Å². The van der Waals surface area contributed by atoms with E-state index in [0.717, 1.165) is 12.8 Å². The number of carbonyl (C=O) groups is 2. The summed E-state index contributed by atoms with van der Waals surface area (Å²) in [5.41, 5.74) is 1.06. The van der Waals surface area contributed by atoms with Crippen molar-refractivity contribution < 1.29 is 18.0 Å². The summed E-state index contributed by atoms with van der Waals surface area (Å²) in [4.78, 5) is 27.2. The first kappa shape index (κ1) is 23.5. The van der Waals surface area contributed by atoms with Gasteiger partial charge in [0.05, 0.1) is 10.9 Å². The summed E-state index contributed by atoms with van der Waals surface area (Å²) in [5.74, 6) is -0.645. The number of sulfonamides is 1. The van der Waals surface area contributed by atoms with Crippen LogP contribution in [0.4, 0.5) is 16.2 Å². The Hall–Kier alpha value is -2.62. The summed E-state index contributed by atoms with van der Waals surface area (Å²) in [6.45, 7) is 1.80. The first-order chi connectivity index (χ1) is 15.8. The zero-order valence-electron chi connectivity index (χ0n) is 18.2. The molecule has 4 rings (SSSR count). The zero-order chi connectivity index (χ0) is 23.4. The molecule has 0 saturated carbocycles. The topological polar surface area (TPSA) is 98.8 Å². The molecule has 3 amide bonds. The Morgan fingerprint density at radius 1 is 0.909 bits per heavy atom. The molecule has 8 nitrogen and oxygen atoms in total. The van der Waals surface area contributed by atoms with Crippen LogP contribution in [0, 0.1) is 5.92 Å². The monoisotopic (exact) mass is 490 g/mol. The van der Waals surface area contributed by atoms with Gasteiger partial charge in [0.15, 0.2) is 0 Å².